The van der Waals surface area contributed by atoms with Crippen molar-refractivity contribution in [2.24, 2.45) is 5.92 Å². The van der Waals surface area contributed by atoms with Gasteiger partial charge < -0.3 is 9.84 Å². The van der Waals surface area contributed by atoms with Crippen LogP contribution in [0.5, 0.6) is 0 Å². The summed E-state index contributed by atoms with van der Waals surface area (Å²) in [7, 11) is 0. The third kappa shape index (κ3) is 2.24. The van der Waals surface area contributed by atoms with Crippen molar-refractivity contribution in [3.63, 3.8) is 0 Å². The molecule has 0 amide bonds. The van der Waals surface area contributed by atoms with E-state index < -0.39 is 5.92 Å². The Balaban J connectivity index is 1.74. The minimum Gasteiger partial charge on any atom is -0.339 e. The van der Waals surface area contributed by atoms with E-state index in [1.807, 2.05) is 0 Å². The quantitative estimate of drug-likeness (QED) is 0.927. The van der Waals surface area contributed by atoms with Gasteiger partial charge in [0, 0.05) is 31.8 Å². The van der Waals surface area contributed by atoms with Crippen LogP contribution >= 0.6 is 0 Å². The molecule has 0 spiro atoms. The lowest BCUT2D eigenvalue weighted by Crippen LogP contribution is -2.60. The summed E-state index contributed by atoms with van der Waals surface area (Å²) in [6.07, 6.45) is 0.710. The highest BCUT2D eigenvalue weighted by Crippen LogP contribution is 2.41. The molecule has 1 aromatic rings. The third-order valence-electron chi connectivity index (χ3n) is 4.94. The molecule has 112 valence electrons. The van der Waals surface area contributed by atoms with Crippen LogP contribution in [0.25, 0.3) is 0 Å². The SMILES string of the molecule is CC(C)C1(c2noc(C3CCC(F)(F)CC3)n2)CNC1. The molecule has 1 aliphatic heterocycles. The summed E-state index contributed by atoms with van der Waals surface area (Å²) in [6, 6.07) is 0. The van der Waals surface area contributed by atoms with Gasteiger partial charge in [-0.2, -0.15) is 4.98 Å². The molecule has 0 aromatic carbocycles. The van der Waals surface area contributed by atoms with E-state index in [-0.39, 0.29) is 24.2 Å². The molecule has 4 nitrogen and oxygen atoms in total. The molecule has 2 fully saturated rings. The van der Waals surface area contributed by atoms with Crippen molar-refractivity contribution in [2.45, 2.75) is 56.8 Å². The molecule has 0 radical (unpaired) electrons. The predicted molar refractivity (Wildman–Crippen MR) is 69.8 cm³/mol. The molecular weight excluding hydrogens is 264 g/mol. The lowest BCUT2D eigenvalue weighted by molar-refractivity contribution is -0.0402. The average molecular weight is 285 g/mol. The number of rotatable bonds is 3. The van der Waals surface area contributed by atoms with Crippen LogP contribution in [0.15, 0.2) is 4.52 Å². The lowest BCUT2D eigenvalue weighted by Gasteiger charge is -2.43. The average Bonchev–Trinajstić information content (AvgIpc) is 2.76. The molecule has 2 heterocycles. The first-order valence-electron chi connectivity index (χ1n) is 7.36. The van der Waals surface area contributed by atoms with Gasteiger partial charge in [-0.1, -0.05) is 19.0 Å². The topological polar surface area (TPSA) is 51.0 Å². The van der Waals surface area contributed by atoms with Gasteiger partial charge in [0.05, 0.1) is 5.41 Å². The summed E-state index contributed by atoms with van der Waals surface area (Å²) in [5.41, 5.74) is -0.0552. The van der Waals surface area contributed by atoms with Gasteiger partial charge in [0.15, 0.2) is 5.82 Å². The zero-order chi connectivity index (χ0) is 14.4. The minimum absolute atomic E-state index is 0.00637. The van der Waals surface area contributed by atoms with Gasteiger partial charge in [-0.25, -0.2) is 8.78 Å². The van der Waals surface area contributed by atoms with Crippen LogP contribution in [0.3, 0.4) is 0 Å². The maximum absolute atomic E-state index is 13.2. The summed E-state index contributed by atoms with van der Waals surface area (Å²) >= 11 is 0. The van der Waals surface area contributed by atoms with Gasteiger partial charge in [-0.15, -0.1) is 0 Å². The Hall–Kier alpha value is -1.04. The van der Waals surface area contributed by atoms with Crippen LogP contribution in [0.2, 0.25) is 0 Å². The Kier molecular flexibility index (Phi) is 3.31. The van der Waals surface area contributed by atoms with Crippen LogP contribution < -0.4 is 5.32 Å². The molecule has 1 saturated carbocycles. The highest BCUT2D eigenvalue weighted by Gasteiger charge is 2.46. The molecule has 3 rings (SSSR count). The van der Waals surface area contributed by atoms with Crippen LogP contribution in [-0.4, -0.2) is 29.2 Å². The van der Waals surface area contributed by atoms with Crippen molar-refractivity contribution < 1.29 is 13.3 Å². The fraction of sp³-hybridized carbons (Fsp3) is 0.857. The second-order valence-corrected chi connectivity index (χ2v) is 6.50. The largest absolute Gasteiger partial charge is 0.339 e. The number of aromatic nitrogens is 2. The maximum atomic E-state index is 13.2. The van der Waals surface area contributed by atoms with Gasteiger partial charge in [0.1, 0.15) is 0 Å². The van der Waals surface area contributed by atoms with Crippen molar-refractivity contribution in [3.05, 3.63) is 11.7 Å². The fourth-order valence-electron chi connectivity index (χ4n) is 3.11. The number of nitrogens with zero attached hydrogens (tertiary/aromatic N) is 2. The molecule has 20 heavy (non-hydrogen) atoms. The number of alkyl halides is 2. The van der Waals surface area contributed by atoms with E-state index in [2.05, 4.69) is 29.3 Å². The highest BCUT2D eigenvalue weighted by molar-refractivity contribution is 5.17. The number of hydrogen-bond donors (Lipinski definition) is 1. The van der Waals surface area contributed by atoms with E-state index in [0.717, 1.165) is 18.9 Å². The van der Waals surface area contributed by atoms with Crippen molar-refractivity contribution in [1.29, 1.82) is 0 Å². The second kappa shape index (κ2) is 4.76. The number of hydrogen-bond acceptors (Lipinski definition) is 4. The first-order chi connectivity index (χ1) is 9.43. The Morgan fingerprint density at radius 2 is 1.90 bits per heavy atom. The van der Waals surface area contributed by atoms with Crippen LogP contribution in [0.1, 0.15) is 57.2 Å². The molecule has 1 aliphatic carbocycles. The first kappa shape index (κ1) is 13.9. The normalized spacial score (nSPS) is 25.6. The molecular formula is C14H21F2N3O. The first-order valence-corrected chi connectivity index (χ1v) is 7.36. The molecule has 0 atom stereocenters. The Morgan fingerprint density at radius 3 is 2.40 bits per heavy atom. The predicted octanol–water partition coefficient (Wildman–Crippen LogP) is 2.86. The smallest absolute Gasteiger partial charge is 0.248 e. The van der Waals surface area contributed by atoms with E-state index in [1.165, 1.54) is 0 Å². The van der Waals surface area contributed by atoms with Crippen molar-refractivity contribution >= 4 is 0 Å². The number of halogens is 2. The van der Waals surface area contributed by atoms with Crippen molar-refractivity contribution in [3.8, 4) is 0 Å². The van der Waals surface area contributed by atoms with Crippen molar-refractivity contribution in [2.75, 3.05) is 13.1 Å². The zero-order valence-corrected chi connectivity index (χ0v) is 12.0. The van der Waals surface area contributed by atoms with E-state index >= 15 is 0 Å². The Labute approximate surface area is 117 Å². The summed E-state index contributed by atoms with van der Waals surface area (Å²) in [5, 5.41) is 7.39. The molecule has 1 N–H and O–H groups in total. The van der Waals surface area contributed by atoms with E-state index in [9.17, 15) is 8.78 Å². The molecule has 0 bridgehead atoms. The van der Waals surface area contributed by atoms with Gasteiger partial charge in [-0.05, 0) is 18.8 Å². The molecule has 1 aromatic heterocycles. The summed E-state index contributed by atoms with van der Waals surface area (Å²) < 4.78 is 31.7. The van der Waals surface area contributed by atoms with Crippen LogP contribution in [-0.2, 0) is 5.41 Å². The Bertz CT molecular complexity index is 473. The molecule has 0 unspecified atom stereocenters. The maximum Gasteiger partial charge on any atom is 0.248 e. The number of nitrogens with one attached hydrogen (secondary N) is 1. The van der Waals surface area contributed by atoms with Gasteiger partial charge >= 0.3 is 0 Å². The van der Waals surface area contributed by atoms with Gasteiger partial charge in [0.25, 0.3) is 0 Å². The van der Waals surface area contributed by atoms with E-state index in [4.69, 9.17) is 4.52 Å². The molecule has 6 heteroatoms. The summed E-state index contributed by atoms with van der Waals surface area (Å²) in [6.45, 7) is 6.01. The highest BCUT2D eigenvalue weighted by atomic mass is 19.3. The standard InChI is InChI=1S/C14H21F2N3O/c1-9(2)13(7-17-8-13)12-18-11(20-19-12)10-3-5-14(15,16)6-4-10/h9-10,17H,3-8H2,1-2H3. The van der Waals surface area contributed by atoms with E-state index in [0.29, 0.717) is 24.7 Å². The Morgan fingerprint density at radius 1 is 1.25 bits per heavy atom. The fourth-order valence-corrected chi connectivity index (χ4v) is 3.11. The zero-order valence-electron chi connectivity index (χ0n) is 12.0. The van der Waals surface area contributed by atoms with Crippen LogP contribution in [0, 0.1) is 5.92 Å². The summed E-state index contributed by atoms with van der Waals surface area (Å²) in [4.78, 5) is 4.53. The lowest BCUT2D eigenvalue weighted by atomic mass is 9.71. The van der Waals surface area contributed by atoms with Crippen molar-refractivity contribution in [1.82, 2.24) is 15.5 Å². The van der Waals surface area contributed by atoms with Crippen LogP contribution in [0.4, 0.5) is 8.78 Å². The monoisotopic (exact) mass is 285 g/mol. The summed E-state index contributed by atoms with van der Waals surface area (Å²) in [5.74, 6) is -0.824. The van der Waals surface area contributed by atoms with Gasteiger partial charge in [0.2, 0.25) is 11.8 Å². The molecule has 2 aliphatic rings. The molecule has 1 saturated heterocycles. The second-order valence-electron chi connectivity index (χ2n) is 6.50. The third-order valence-corrected chi connectivity index (χ3v) is 4.94. The van der Waals surface area contributed by atoms with E-state index in [1.54, 1.807) is 0 Å². The van der Waals surface area contributed by atoms with Gasteiger partial charge in [-0.3, -0.25) is 0 Å². The minimum atomic E-state index is -2.52.